The molecule has 0 heterocycles. The largest absolute Gasteiger partial charge is 0.444 e. The van der Waals surface area contributed by atoms with Gasteiger partial charge in [-0.1, -0.05) is 26.7 Å². The number of carbonyl (C=O) groups excluding carboxylic acids is 1. The van der Waals surface area contributed by atoms with E-state index in [1.54, 1.807) is 0 Å². The van der Waals surface area contributed by atoms with Gasteiger partial charge < -0.3 is 15.8 Å². The third-order valence-electron chi connectivity index (χ3n) is 4.50. The SMILES string of the molecule is CC1CCC(C(C)(CN)CNC(=O)OC(C)(C)C)CC1. The van der Waals surface area contributed by atoms with Crippen LogP contribution in [0.1, 0.15) is 60.3 Å². The molecule has 3 N–H and O–H groups in total. The summed E-state index contributed by atoms with van der Waals surface area (Å²) in [4.78, 5) is 11.8. The van der Waals surface area contributed by atoms with Gasteiger partial charge in [0.05, 0.1) is 0 Å². The molecule has 0 bridgehead atoms. The van der Waals surface area contributed by atoms with E-state index in [2.05, 4.69) is 19.2 Å². The summed E-state index contributed by atoms with van der Waals surface area (Å²) in [6.07, 6.45) is 4.62. The first-order valence-electron chi connectivity index (χ1n) is 7.83. The molecule has 1 amide bonds. The molecule has 1 rings (SSSR count). The Bertz CT molecular complexity index is 317. The zero-order chi connectivity index (χ0) is 15.4. The van der Waals surface area contributed by atoms with Gasteiger partial charge in [-0.15, -0.1) is 0 Å². The predicted octanol–water partition coefficient (Wildman–Crippen LogP) is 3.30. The van der Waals surface area contributed by atoms with Crippen LogP contribution in [-0.2, 0) is 4.74 Å². The fourth-order valence-corrected chi connectivity index (χ4v) is 2.93. The Morgan fingerprint density at radius 1 is 1.20 bits per heavy atom. The Hall–Kier alpha value is -0.770. The van der Waals surface area contributed by atoms with Crippen molar-refractivity contribution in [3.05, 3.63) is 0 Å². The maximum atomic E-state index is 11.8. The highest BCUT2D eigenvalue weighted by Crippen LogP contribution is 2.39. The third kappa shape index (κ3) is 5.31. The molecule has 4 nitrogen and oxygen atoms in total. The zero-order valence-corrected chi connectivity index (χ0v) is 13.8. The van der Waals surface area contributed by atoms with Gasteiger partial charge in [0.25, 0.3) is 0 Å². The number of hydrogen-bond donors (Lipinski definition) is 2. The molecule has 118 valence electrons. The van der Waals surface area contributed by atoms with Crippen LogP contribution >= 0.6 is 0 Å². The second-order valence-electron chi connectivity index (χ2n) is 7.67. The number of hydrogen-bond acceptors (Lipinski definition) is 3. The summed E-state index contributed by atoms with van der Waals surface area (Å²) in [6.45, 7) is 11.3. The molecule has 1 fully saturated rings. The van der Waals surface area contributed by atoms with Gasteiger partial charge in [0.15, 0.2) is 0 Å². The molecular weight excluding hydrogens is 252 g/mol. The monoisotopic (exact) mass is 284 g/mol. The van der Waals surface area contributed by atoms with Crippen molar-refractivity contribution in [2.45, 2.75) is 65.9 Å². The molecule has 0 aliphatic heterocycles. The van der Waals surface area contributed by atoms with Gasteiger partial charge in [0, 0.05) is 12.0 Å². The summed E-state index contributed by atoms with van der Waals surface area (Å²) in [5.41, 5.74) is 5.51. The number of rotatable bonds is 4. The van der Waals surface area contributed by atoms with E-state index < -0.39 is 5.60 Å². The summed E-state index contributed by atoms with van der Waals surface area (Å²) in [5, 5.41) is 2.90. The quantitative estimate of drug-likeness (QED) is 0.832. The van der Waals surface area contributed by atoms with E-state index in [1.165, 1.54) is 25.7 Å². The van der Waals surface area contributed by atoms with Gasteiger partial charge in [-0.05, 0) is 52.0 Å². The highest BCUT2D eigenvalue weighted by Gasteiger charge is 2.35. The number of nitrogens with one attached hydrogen (secondary N) is 1. The Kier molecular flexibility index (Phi) is 5.87. The lowest BCUT2D eigenvalue weighted by Gasteiger charge is -2.40. The van der Waals surface area contributed by atoms with Gasteiger partial charge in [-0.2, -0.15) is 0 Å². The summed E-state index contributed by atoms with van der Waals surface area (Å²) in [7, 11) is 0. The van der Waals surface area contributed by atoms with Crippen LogP contribution in [0.5, 0.6) is 0 Å². The third-order valence-corrected chi connectivity index (χ3v) is 4.50. The highest BCUT2D eigenvalue weighted by molar-refractivity contribution is 5.67. The van der Waals surface area contributed by atoms with Gasteiger partial charge in [0.2, 0.25) is 0 Å². The van der Waals surface area contributed by atoms with E-state index in [0.29, 0.717) is 19.0 Å². The fraction of sp³-hybridized carbons (Fsp3) is 0.938. The van der Waals surface area contributed by atoms with Crippen molar-refractivity contribution in [1.82, 2.24) is 5.32 Å². The molecule has 1 unspecified atom stereocenters. The number of nitrogens with two attached hydrogens (primary N) is 1. The van der Waals surface area contributed by atoms with Crippen LogP contribution in [0.2, 0.25) is 0 Å². The Morgan fingerprint density at radius 2 is 1.75 bits per heavy atom. The number of carbonyl (C=O) groups is 1. The van der Waals surface area contributed by atoms with Gasteiger partial charge in [-0.25, -0.2) is 4.79 Å². The van der Waals surface area contributed by atoms with Gasteiger partial charge >= 0.3 is 6.09 Å². The normalized spacial score (nSPS) is 26.7. The van der Waals surface area contributed by atoms with Crippen LogP contribution in [0.15, 0.2) is 0 Å². The number of ether oxygens (including phenoxy) is 1. The molecule has 0 aromatic rings. The molecule has 0 aromatic carbocycles. The Morgan fingerprint density at radius 3 is 2.20 bits per heavy atom. The average molecular weight is 284 g/mol. The zero-order valence-electron chi connectivity index (χ0n) is 13.8. The minimum atomic E-state index is -0.455. The summed E-state index contributed by atoms with van der Waals surface area (Å²) < 4.78 is 5.29. The topological polar surface area (TPSA) is 64.3 Å². The van der Waals surface area contributed by atoms with Crippen molar-refractivity contribution >= 4 is 6.09 Å². The molecular formula is C16H32N2O2. The molecule has 20 heavy (non-hydrogen) atoms. The fourth-order valence-electron chi connectivity index (χ4n) is 2.93. The molecule has 1 aliphatic rings. The number of amides is 1. The maximum absolute atomic E-state index is 11.8. The second-order valence-corrected chi connectivity index (χ2v) is 7.67. The van der Waals surface area contributed by atoms with Crippen molar-refractivity contribution in [3.8, 4) is 0 Å². The van der Waals surface area contributed by atoms with E-state index in [4.69, 9.17) is 10.5 Å². The van der Waals surface area contributed by atoms with E-state index in [-0.39, 0.29) is 11.5 Å². The van der Waals surface area contributed by atoms with Crippen LogP contribution in [0.3, 0.4) is 0 Å². The van der Waals surface area contributed by atoms with Crippen LogP contribution in [0.4, 0.5) is 4.79 Å². The number of alkyl carbamates (subject to hydrolysis) is 1. The lowest BCUT2D eigenvalue weighted by molar-refractivity contribution is 0.0464. The lowest BCUT2D eigenvalue weighted by atomic mass is 9.68. The summed E-state index contributed by atoms with van der Waals surface area (Å²) in [6, 6.07) is 0. The molecule has 0 radical (unpaired) electrons. The Balaban J connectivity index is 2.50. The van der Waals surface area contributed by atoms with Crippen LogP contribution in [0.25, 0.3) is 0 Å². The second kappa shape index (κ2) is 6.79. The van der Waals surface area contributed by atoms with Crippen LogP contribution in [-0.4, -0.2) is 24.8 Å². The van der Waals surface area contributed by atoms with Crippen molar-refractivity contribution in [1.29, 1.82) is 0 Å². The maximum Gasteiger partial charge on any atom is 0.407 e. The Labute approximate surface area is 123 Å². The highest BCUT2D eigenvalue weighted by atomic mass is 16.6. The molecule has 0 saturated heterocycles. The van der Waals surface area contributed by atoms with E-state index >= 15 is 0 Å². The molecule has 0 spiro atoms. The molecule has 0 aromatic heterocycles. The van der Waals surface area contributed by atoms with E-state index in [9.17, 15) is 4.79 Å². The van der Waals surface area contributed by atoms with Crippen LogP contribution < -0.4 is 11.1 Å². The first-order valence-corrected chi connectivity index (χ1v) is 7.83. The smallest absolute Gasteiger partial charge is 0.407 e. The molecule has 1 saturated carbocycles. The first kappa shape index (κ1) is 17.3. The molecule has 4 heteroatoms. The van der Waals surface area contributed by atoms with Crippen molar-refractivity contribution in [3.63, 3.8) is 0 Å². The van der Waals surface area contributed by atoms with E-state index in [0.717, 1.165) is 5.92 Å². The summed E-state index contributed by atoms with van der Waals surface area (Å²) >= 11 is 0. The predicted molar refractivity (Wildman–Crippen MR) is 82.5 cm³/mol. The van der Waals surface area contributed by atoms with Crippen LogP contribution in [0, 0.1) is 17.3 Å². The first-order chi connectivity index (χ1) is 9.16. The van der Waals surface area contributed by atoms with Crippen molar-refractivity contribution in [2.24, 2.45) is 23.0 Å². The molecule has 1 atom stereocenters. The molecule has 1 aliphatic carbocycles. The van der Waals surface area contributed by atoms with Gasteiger partial charge in [-0.3, -0.25) is 0 Å². The standard InChI is InChI=1S/C16H32N2O2/c1-12-6-8-13(9-7-12)16(5,10-17)11-18-14(19)20-15(2,3)4/h12-13H,6-11,17H2,1-5H3,(H,18,19). The van der Waals surface area contributed by atoms with E-state index in [1.807, 2.05) is 20.8 Å². The minimum absolute atomic E-state index is 0.0307. The average Bonchev–Trinajstić information content (AvgIpc) is 2.35. The lowest BCUT2D eigenvalue weighted by Crippen LogP contribution is -2.47. The van der Waals surface area contributed by atoms with Crippen molar-refractivity contribution < 1.29 is 9.53 Å². The van der Waals surface area contributed by atoms with Gasteiger partial charge in [0.1, 0.15) is 5.60 Å². The van der Waals surface area contributed by atoms with Crippen molar-refractivity contribution in [2.75, 3.05) is 13.1 Å². The summed E-state index contributed by atoms with van der Waals surface area (Å²) in [5.74, 6) is 1.42. The minimum Gasteiger partial charge on any atom is -0.444 e.